The highest BCUT2D eigenvalue weighted by Crippen LogP contribution is 2.39. The largest absolute Gasteiger partial charge is 0.508 e. The number of amides is 4. The van der Waals surface area contributed by atoms with E-state index in [4.69, 9.17) is 16.4 Å². The van der Waals surface area contributed by atoms with Gasteiger partial charge >= 0.3 is 0 Å². The van der Waals surface area contributed by atoms with Crippen LogP contribution in [0.1, 0.15) is 63.5 Å². The molecule has 5 rings (SSSR count). The van der Waals surface area contributed by atoms with Crippen molar-refractivity contribution in [1.82, 2.24) is 20.9 Å². The van der Waals surface area contributed by atoms with Crippen LogP contribution in [-0.2, 0) is 35.2 Å². The smallest absolute Gasteiger partial charge is 0.289 e. The van der Waals surface area contributed by atoms with Gasteiger partial charge in [-0.15, -0.1) is 0 Å². The zero-order valence-electron chi connectivity index (χ0n) is 25.8. The van der Waals surface area contributed by atoms with Gasteiger partial charge in [0.25, 0.3) is 5.91 Å². The number of hydrogen-bond acceptors (Lipinski definition) is 8. The first-order chi connectivity index (χ1) is 22.0. The monoisotopic (exact) mass is 651 g/mol. The first-order valence-electron chi connectivity index (χ1n) is 15.5. The number of phenolic OH excluding ortho intramolecular Hbond substituents is 1. The molecule has 12 nitrogen and oxygen atoms in total. The number of carbonyl (C=O) groups excluding carboxylic acids is 5. The number of likely N-dealkylation sites (tertiary alicyclic amines) is 1. The highest BCUT2D eigenvalue weighted by atomic mass is 35.5. The number of oxime groups is 1. The summed E-state index contributed by atoms with van der Waals surface area (Å²) in [5.41, 5.74) is 0.976. The van der Waals surface area contributed by atoms with E-state index in [1.807, 2.05) is 13.0 Å². The van der Waals surface area contributed by atoms with Gasteiger partial charge in [0.15, 0.2) is 5.60 Å². The van der Waals surface area contributed by atoms with Crippen molar-refractivity contribution >= 4 is 46.7 Å². The second-order valence-corrected chi connectivity index (χ2v) is 12.7. The van der Waals surface area contributed by atoms with Gasteiger partial charge in [0, 0.05) is 42.8 Å². The lowest BCUT2D eigenvalue weighted by Gasteiger charge is -2.29. The molecular formula is C33H38ClN5O7. The fourth-order valence-electron chi connectivity index (χ4n) is 5.93. The van der Waals surface area contributed by atoms with Crippen LogP contribution >= 0.6 is 11.6 Å². The summed E-state index contributed by atoms with van der Waals surface area (Å²) in [4.78, 5) is 73.4. The standard InChI is InChI=1S/C33H38ClN5O7/c1-3-5-25(29(42)31(44)36-23-10-11-23)37-30(43)28-17-33(16-27(38-46-33)21-6-4-7-22(34)15-21)18-39(28)32(45)26(35-19(2)40)14-20-8-12-24(41)13-9-20/h4,6-9,12-13,15,23,25-26,28,41H,3,5,10-11,14,16-18H2,1-2H3,(H,35,40)(H,36,44)(H,37,43)/t25-,26-,28-,33+/m0/s1. The van der Waals surface area contributed by atoms with Crippen LogP contribution in [0.5, 0.6) is 5.75 Å². The zero-order chi connectivity index (χ0) is 33.0. The molecule has 1 spiro atoms. The van der Waals surface area contributed by atoms with Crippen LogP contribution in [0.25, 0.3) is 0 Å². The number of Topliss-reactive ketones (excluding diaryl/α,β-unsaturated/α-hetero) is 1. The van der Waals surface area contributed by atoms with Gasteiger partial charge < -0.3 is 30.8 Å². The molecule has 0 unspecified atom stereocenters. The molecule has 2 heterocycles. The van der Waals surface area contributed by atoms with E-state index in [1.165, 1.54) is 24.0 Å². The maximum absolute atomic E-state index is 14.2. The molecule has 13 heteroatoms. The fraction of sp³-hybridized carbons (Fsp3) is 0.455. The van der Waals surface area contributed by atoms with Gasteiger partial charge in [-0.1, -0.05) is 54.4 Å². The Hall–Kier alpha value is -4.45. The van der Waals surface area contributed by atoms with E-state index in [9.17, 15) is 29.1 Å². The van der Waals surface area contributed by atoms with Crippen LogP contribution in [0.4, 0.5) is 0 Å². The number of benzene rings is 2. The normalized spacial score (nSPS) is 21.6. The maximum atomic E-state index is 14.2. The Morgan fingerprint density at radius 3 is 2.48 bits per heavy atom. The second kappa shape index (κ2) is 13.9. The second-order valence-electron chi connectivity index (χ2n) is 12.3. The number of rotatable bonds is 12. The number of nitrogens with zero attached hydrogens (tertiary/aromatic N) is 2. The van der Waals surface area contributed by atoms with Crippen molar-refractivity contribution in [2.45, 2.75) is 88.6 Å². The molecule has 0 bridgehead atoms. The van der Waals surface area contributed by atoms with Crippen molar-refractivity contribution in [3.05, 3.63) is 64.7 Å². The van der Waals surface area contributed by atoms with E-state index in [0.29, 0.717) is 22.7 Å². The molecule has 0 aromatic heterocycles. The van der Waals surface area contributed by atoms with E-state index in [-0.39, 0.29) is 44.0 Å². The lowest BCUT2D eigenvalue weighted by Crippen LogP contribution is -2.56. The van der Waals surface area contributed by atoms with E-state index in [1.54, 1.807) is 30.3 Å². The maximum Gasteiger partial charge on any atom is 0.289 e. The van der Waals surface area contributed by atoms with Gasteiger partial charge in [-0.25, -0.2) is 0 Å². The van der Waals surface area contributed by atoms with Crippen molar-refractivity contribution in [1.29, 1.82) is 0 Å². The summed E-state index contributed by atoms with van der Waals surface area (Å²) >= 11 is 6.20. The number of aromatic hydroxyl groups is 1. The highest BCUT2D eigenvalue weighted by molar-refractivity contribution is 6.38. The average Bonchev–Trinajstić information content (AvgIpc) is 3.61. The van der Waals surface area contributed by atoms with Crippen LogP contribution in [-0.4, -0.2) is 81.4 Å². The summed E-state index contributed by atoms with van der Waals surface area (Å²) in [5.74, 6) is -2.99. The summed E-state index contributed by atoms with van der Waals surface area (Å²) in [6, 6.07) is 10.2. The first kappa shape index (κ1) is 32.9. The Morgan fingerprint density at radius 2 is 1.83 bits per heavy atom. The van der Waals surface area contributed by atoms with E-state index in [0.717, 1.165) is 18.4 Å². The Labute approximate surface area is 271 Å². The Kier molecular flexibility index (Phi) is 9.95. The number of nitrogens with one attached hydrogen (secondary N) is 3. The van der Waals surface area contributed by atoms with E-state index < -0.39 is 53.1 Å². The topological polar surface area (TPSA) is 166 Å². The van der Waals surface area contributed by atoms with Crippen LogP contribution in [0.2, 0.25) is 5.02 Å². The highest BCUT2D eigenvalue weighted by Gasteiger charge is 2.55. The molecule has 4 atom stereocenters. The third-order valence-corrected chi connectivity index (χ3v) is 8.62. The van der Waals surface area contributed by atoms with Crippen molar-refractivity contribution in [2.24, 2.45) is 5.16 Å². The SMILES string of the molecule is CCC[C@H](NC(=O)[C@@H]1C[C@]2(CC(c3cccc(Cl)c3)=NO2)CN1C(=O)[C@H](Cc1ccc(O)cc1)NC(C)=O)C(=O)C(=O)NC1CC1. The fourth-order valence-corrected chi connectivity index (χ4v) is 6.12. The Morgan fingerprint density at radius 1 is 1.09 bits per heavy atom. The average molecular weight is 652 g/mol. The third-order valence-electron chi connectivity index (χ3n) is 8.38. The molecule has 2 aromatic rings. The molecule has 3 aliphatic rings. The molecule has 2 fully saturated rings. The minimum absolute atomic E-state index is 0.0162. The molecule has 1 saturated heterocycles. The molecule has 244 valence electrons. The molecule has 2 aliphatic heterocycles. The van der Waals surface area contributed by atoms with Crippen molar-refractivity contribution in [2.75, 3.05) is 6.54 Å². The predicted molar refractivity (Wildman–Crippen MR) is 169 cm³/mol. The molecule has 2 aromatic carbocycles. The van der Waals surface area contributed by atoms with Gasteiger partial charge in [-0.3, -0.25) is 24.0 Å². The Balaban J connectivity index is 1.41. The summed E-state index contributed by atoms with van der Waals surface area (Å²) in [6.07, 6.45) is 2.83. The third kappa shape index (κ3) is 7.85. The minimum Gasteiger partial charge on any atom is -0.508 e. The van der Waals surface area contributed by atoms with Crippen molar-refractivity contribution in [3.8, 4) is 5.75 Å². The van der Waals surface area contributed by atoms with Crippen molar-refractivity contribution < 1.29 is 33.9 Å². The van der Waals surface area contributed by atoms with E-state index in [2.05, 4.69) is 21.1 Å². The quantitative estimate of drug-likeness (QED) is 0.256. The van der Waals surface area contributed by atoms with Gasteiger partial charge in [0.1, 0.15) is 17.8 Å². The van der Waals surface area contributed by atoms with Crippen LogP contribution in [0.15, 0.2) is 53.7 Å². The summed E-state index contributed by atoms with van der Waals surface area (Å²) in [5, 5.41) is 22.7. The lowest BCUT2D eigenvalue weighted by molar-refractivity contribution is -0.143. The summed E-state index contributed by atoms with van der Waals surface area (Å²) in [7, 11) is 0. The number of ketones is 1. The van der Waals surface area contributed by atoms with Gasteiger partial charge in [0.2, 0.25) is 23.5 Å². The molecule has 0 radical (unpaired) electrons. The first-order valence-corrected chi connectivity index (χ1v) is 15.9. The van der Waals surface area contributed by atoms with Crippen LogP contribution < -0.4 is 16.0 Å². The lowest BCUT2D eigenvalue weighted by atomic mass is 9.91. The molecule has 4 amide bonds. The van der Waals surface area contributed by atoms with Crippen LogP contribution in [0.3, 0.4) is 0 Å². The van der Waals surface area contributed by atoms with Gasteiger partial charge in [-0.2, -0.15) is 0 Å². The minimum atomic E-state index is -1.09. The van der Waals surface area contributed by atoms with Gasteiger partial charge in [-0.05, 0) is 49.1 Å². The van der Waals surface area contributed by atoms with E-state index >= 15 is 0 Å². The summed E-state index contributed by atoms with van der Waals surface area (Å²) < 4.78 is 0. The van der Waals surface area contributed by atoms with Crippen molar-refractivity contribution in [3.63, 3.8) is 0 Å². The number of phenols is 1. The van der Waals surface area contributed by atoms with Crippen LogP contribution in [0, 0.1) is 0 Å². The predicted octanol–water partition coefficient (Wildman–Crippen LogP) is 2.39. The molecular weight excluding hydrogens is 614 g/mol. The Bertz CT molecular complexity index is 1540. The molecule has 1 saturated carbocycles. The number of halogens is 1. The summed E-state index contributed by atoms with van der Waals surface area (Å²) in [6.45, 7) is 3.12. The zero-order valence-corrected chi connectivity index (χ0v) is 26.5. The number of hydrogen-bond donors (Lipinski definition) is 4. The number of carbonyl (C=O) groups is 5. The molecule has 4 N–H and O–H groups in total. The molecule has 46 heavy (non-hydrogen) atoms. The van der Waals surface area contributed by atoms with Gasteiger partial charge in [0.05, 0.1) is 18.3 Å². The molecule has 1 aliphatic carbocycles.